The summed E-state index contributed by atoms with van der Waals surface area (Å²) in [6, 6.07) is 16.2. The van der Waals surface area contributed by atoms with Gasteiger partial charge < -0.3 is 11.1 Å². The van der Waals surface area contributed by atoms with Crippen LogP contribution in [0.4, 0.5) is 0 Å². The highest BCUT2D eigenvalue weighted by Crippen LogP contribution is 2.35. The number of nitrogens with two attached hydrogens (primary N) is 1. The average Bonchev–Trinajstić information content (AvgIpc) is 2.56. The van der Waals surface area contributed by atoms with E-state index in [9.17, 15) is 4.79 Å². The van der Waals surface area contributed by atoms with Crippen molar-refractivity contribution in [2.24, 2.45) is 5.73 Å². The van der Waals surface area contributed by atoms with E-state index in [0.717, 1.165) is 37.1 Å². The maximum atomic E-state index is 11.4. The maximum Gasteiger partial charge on any atom is 0.248 e. The Balaban J connectivity index is 1.97. The lowest BCUT2D eigenvalue weighted by Gasteiger charge is -2.35. The maximum absolute atomic E-state index is 11.4. The molecule has 114 valence electrons. The van der Waals surface area contributed by atoms with Gasteiger partial charge >= 0.3 is 0 Å². The second kappa shape index (κ2) is 5.93. The first-order valence-corrected chi connectivity index (χ1v) is 7.80. The molecule has 0 radical (unpaired) electrons. The average molecular weight is 294 g/mol. The molecule has 3 rings (SSSR count). The number of nitrogens with one attached hydrogen (secondary N) is 1. The van der Waals surface area contributed by atoms with E-state index in [2.05, 4.69) is 36.5 Å². The second-order valence-corrected chi connectivity index (χ2v) is 6.34. The minimum atomic E-state index is -0.386. The van der Waals surface area contributed by atoms with Gasteiger partial charge in [-0.15, -0.1) is 0 Å². The van der Waals surface area contributed by atoms with Gasteiger partial charge in [-0.1, -0.05) is 43.3 Å². The summed E-state index contributed by atoms with van der Waals surface area (Å²) in [5.74, 6) is -0.386. The Kier molecular flexibility index (Phi) is 3.99. The van der Waals surface area contributed by atoms with E-state index in [1.165, 1.54) is 5.56 Å². The highest BCUT2D eigenvalue weighted by molar-refractivity contribution is 5.94. The van der Waals surface area contributed by atoms with Gasteiger partial charge in [0.25, 0.3) is 0 Å². The van der Waals surface area contributed by atoms with Gasteiger partial charge in [0.2, 0.25) is 5.91 Å². The van der Waals surface area contributed by atoms with Crippen molar-refractivity contribution >= 4 is 5.91 Å². The van der Waals surface area contributed by atoms with Crippen LogP contribution in [0.25, 0.3) is 11.1 Å². The van der Waals surface area contributed by atoms with Crippen LogP contribution in [0, 0.1) is 0 Å². The number of rotatable bonds is 3. The zero-order valence-electron chi connectivity index (χ0n) is 12.9. The van der Waals surface area contributed by atoms with Crippen LogP contribution < -0.4 is 11.1 Å². The van der Waals surface area contributed by atoms with Crippen LogP contribution in [-0.2, 0) is 5.41 Å². The second-order valence-electron chi connectivity index (χ2n) is 6.34. The van der Waals surface area contributed by atoms with Gasteiger partial charge in [-0.25, -0.2) is 0 Å². The number of amides is 1. The molecule has 0 spiro atoms. The van der Waals surface area contributed by atoms with Crippen molar-refractivity contribution in [2.45, 2.75) is 25.2 Å². The van der Waals surface area contributed by atoms with E-state index in [1.807, 2.05) is 18.2 Å². The van der Waals surface area contributed by atoms with Gasteiger partial charge in [0, 0.05) is 5.56 Å². The van der Waals surface area contributed by atoms with Crippen LogP contribution in [0.15, 0.2) is 48.5 Å². The van der Waals surface area contributed by atoms with Gasteiger partial charge in [0.1, 0.15) is 0 Å². The summed E-state index contributed by atoms with van der Waals surface area (Å²) < 4.78 is 0. The zero-order chi connectivity index (χ0) is 15.6. The number of benzene rings is 2. The molecule has 1 fully saturated rings. The number of hydrogen-bond donors (Lipinski definition) is 2. The van der Waals surface area contributed by atoms with Crippen molar-refractivity contribution in [1.29, 1.82) is 0 Å². The molecule has 1 heterocycles. The number of carbonyl (C=O) groups is 1. The number of piperidine rings is 1. The van der Waals surface area contributed by atoms with Crippen molar-refractivity contribution in [3.63, 3.8) is 0 Å². The van der Waals surface area contributed by atoms with E-state index < -0.39 is 0 Å². The van der Waals surface area contributed by atoms with Gasteiger partial charge in [-0.05, 0) is 60.2 Å². The van der Waals surface area contributed by atoms with Crippen molar-refractivity contribution in [1.82, 2.24) is 5.32 Å². The fourth-order valence-corrected chi connectivity index (χ4v) is 3.19. The fraction of sp³-hybridized carbons (Fsp3) is 0.316. The first-order valence-electron chi connectivity index (χ1n) is 7.80. The molecule has 0 bridgehead atoms. The Bertz CT molecular complexity index is 687. The Labute approximate surface area is 131 Å². The van der Waals surface area contributed by atoms with E-state index in [1.54, 1.807) is 6.07 Å². The van der Waals surface area contributed by atoms with Gasteiger partial charge in [0.05, 0.1) is 0 Å². The molecule has 1 saturated heterocycles. The third kappa shape index (κ3) is 2.90. The zero-order valence-corrected chi connectivity index (χ0v) is 12.9. The van der Waals surface area contributed by atoms with Gasteiger partial charge in [-0.2, -0.15) is 0 Å². The summed E-state index contributed by atoms with van der Waals surface area (Å²) in [6.45, 7) is 4.47. The van der Waals surface area contributed by atoms with Gasteiger partial charge in [-0.3, -0.25) is 4.79 Å². The van der Waals surface area contributed by atoms with Crippen LogP contribution in [0.1, 0.15) is 35.7 Å². The van der Waals surface area contributed by atoms with Crippen LogP contribution in [0.3, 0.4) is 0 Å². The smallest absolute Gasteiger partial charge is 0.248 e. The molecule has 2 aromatic carbocycles. The first-order chi connectivity index (χ1) is 10.6. The Hall–Kier alpha value is -2.13. The molecule has 2 aromatic rings. The summed E-state index contributed by atoms with van der Waals surface area (Å²) in [5, 5.41) is 3.42. The number of primary amides is 1. The van der Waals surface area contributed by atoms with E-state index in [0.29, 0.717) is 5.56 Å². The third-order valence-electron chi connectivity index (χ3n) is 4.75. The molecule has 3 heteroatoms. The van der Waals surface area contributed by atoms with Crippen LogP contribution >= 0.6 is 0 Å². The van der Waals surface area contributed by atoms with Crippen molar-refractivity contribution in [2.75, 3.05) is 13.1 Å². The fourth-order valence-electron chi connectivity index (χ4n) is 3.19. The normalized spacial score (nSPS) is 17.1. The molecule has 0 atom stereocenters. The summed E-state index contributed by atoms with van der Waals surface area (Å²) in [5.41, 5.74) is 9.71. The highest BCUT2D eigenvalue weighted by Gasteiger charge is 2.28. The Morgan fingerprint density at radius 3 is 2.36 bits per heavy atom. The van der Waals surface area contributed by atoms with E-state index in [4.69, 9.17) is 5.73 Å². The van der Waals surface area contributed by atoms with Crippen molar-refractivity contribution in [3.8, 4) is 11.1 Å². The molecule has 1 amide bonds. The number of hydrogen-bond acceptors (Lipinski definition) is 2. The highest BCUT2D eigenvalue weighted by atomic mass is 16.1. The molecule has 0 aliphatic carbocycles. The lowest BCUT2D eigenvalue weighted by atomic mass is 9.74. The Morgan fingerprint density at radius 2 is 1.68 bits per heavy atom. The Morgan fingerprint density at radius 1 is 1.05 bits per heavy atom. The molecular weight excluding hydrogens is 272 g/mol. The summed E-state index contributed by atoms with van der Waals surface area (Å²) in [4.78, 5) is 11.4. The van der Waals surface area contributed by atoms with Crippen LogP contribution in [0.5, 0.6) is 0 Å². The molecule has 1 aliphatic heterocycles. The molecule has 22 heavy (non-hydrogen) atoms. The molecule has 0 unspecified atom stereocenters. The largest absolute Gasteiger partial charge is 0.366 e. The predicted octanol–water partition coefficient (Wildman–Crippen LogP) is 3.09. The number of carbonyl (C=O) groups excluding carboxylic acids is 1. The van der Waals surface area contributed by atoms with Crippen LogP contribution in [0.2, 0.25) is 0 Å². The van der Waals surface area contributed by atoms with Gasteiger partial charge in [0.15, 0.2) is 0 Å². The summed E-state index contributed by atoms with van der Waals surface area (Å²) >= 11 is 0. The lowest BCUT2D eigenvalue weighted by Crippen LogP contribution is -2.37. The third-order valence-corrected chi connectivity index (χ3v) is 4.75. The van der Waals surface area contributed by atoms with Crippen molar-refractivity contribution in [3.05, 3.63) is 59.7 Å². The van der Waals surface area contributed by atoms with E-state index >= 15 is 0 Å². The molecule has 3 nitrogen and oxygen atoms in total. The minimum absolute atomic E-state index is 0.225. The summed E-state index contributed by atoms with van der Waals surface area (Å²) in [6.07, 6.45) is 2.30. The molecule has 0 aromatic heterocycles. The standard InChI is InChI=1S/C19H22N2O/c1-19(8-10-21-11-9-19)17-7-3-5-15(13-17)14-4-2-6-16(12-14)18(20)22/h2-7,12-13,21H,8-11H2,1H3,(H2,20,22). The van der Waals surface area contributed by atoms with Crippen LogP contribution in [-0.4, -0.2) is 19.0 Å². The molecular formula is C19H22N2O. The minimum Gasteiger partial charge on any atom is -0.366 e. The monoisotopic (exact) mass is 294 g/mol. The molecule has 0 saturated carbocycles. The quantitative estimate of drug-likeness (QED) is 0.914. The first kappa shape index (κ1) is 14.8. The predicted molar refractivity (Wildman–Crippen MR) is 89.9 cm³/mol. The van der Waals surface area contributed by atoms with Crippen molar-refractivity contribution < 1.29 is 4.79 Å². The molecule has 3 N–H and O–H groups in total. The lowest BCUT2D eigenvalue weighted by molar-refractivity contribution is 0.100. The summed E-state index contributed by atoms with van der Waals surface area (Å²) in [7, 11) is 0. The van der Waals surface area contributed by atoms with E-state index in [-0.39, 0.29) is 11.3 Å². The molecule has 1 aliphatic rings. The topological polar surface area (TPSA) is 55.1 Å². The SMILES string of the molecule is CC1(c2cccc(-c3cccc(C(N)=O)c3)c2)CCNCC1.